The molecule has 0 amide bonds. The lowest BCUT2D eigenvalue weighted by atomic mass is 10.1. The smallest absolute Gasteiger partial charge is 0.0589 e. The summed E-state index contributed by atoms with van der Waals surface area (Å²) in [6.07, 6.45) is 0. The average Bonchev–Trinajstić information content (AvgIpc) is 2.37. The summed E-state index contributed by atoms with van der Waals surface area (Å²) >= 11 is 0. The van der Waals surface area contributed by atoms with Gasteiger partial charge in [0.1, 0.15) is 0 Å². The molecule has 17 heavy (non-hydrogen) atoms. The predicted molar refractivity (Wildman–Crippen MR) is 76.0 cm³/mol. The molecule has 0 radical (unpaired) electrons. The molecule has 0 aromatic rings. The summed E-state index contributed by atoms with van der Waals surface area (Å²) in [5.74, 6) is 5.83. The first kappa shape index (κ1) is 19.2. The molecule has 1 heterocycles. The molecule has 0 spiro atoms. The maximum Gasteiger partial charge on any atom is 0.0589 e. The largest absolute Gasteiger partial charge is 0.383 e. The zero-order chi connectivity index (χ0) is 13.8. The quantitative estimate of drug-likeness (QED) is 0.774. The number of nitrogens with zero attached hydrogens (tertiary/aromatic N) is 2. The fraction of sp³-hybridized carbons (Fsp3) is 1.00. The Morgan fingerprint density at radius 1 is 1.06 bits per heavy atom. The van der Waals surface area contributed by atoms with Gasteiger partial charge < -0.3 is 4.74 Å². The summed E-state index contributed by atoms with van der Waals surface area (Å²) in [5, 5.41) is 1.92. The molecule has 0 aromatic heterocycles. The van der Waals surface area contributed by atoms with E-state index in [4.69, 9.17) is 10.6 Å². The van der Waals surface area contributed by atoms with Gasteiger partial charge >= 0.3 is 0 Å². The van der Waals surface area contributed by atoms with Crippen LogP contribution in [0.15, 0.2) is 0 Å². The topological polar surface area (TPSA) is 41.7 Å². The van der Waals surface area contributed by atoms with Crippen molar-refractivity contribution in [2.75, 3.05) is 33.4 Å². The molecule has 1 rings (SSSR count). The first-order valence-electron chi connectivity index (χ1n) is 6.89. The molecule has 4 nitrogen and oxygen atoms in total. The van der Waals surface area contributed by atoms with Crippen LogP contribution in [0.2, 0.25) is 0 Å². The van der Waals surface area contributed by atoms with Crippen LogP contribution >= 0.6 is 0 Å². The van der Waals surface area contributed by atoms with Gasteiger partial charge in [-0.1, -0.05) is 27.7 Å². The van der Waals surface area contributed by atoms with Crippen molar-refractivity contribution in [2.24, 2.45) is 5.84 Å². The highest BCUT2D eigenvalue weighted by Gasteiger charge is 2.26. The van der Waals surface area contributed by atoms with Crippen molar-refractivity contribution >= 4 is 0 Å². The van der Waals surface area contributed by atoms with E-state index in [0.29, 0.717) is 12.1 Å². The number of methoxy groups -OCH3 is 1. The van der Waals surface area contributed by atoms with Crippen molar-refractivity contribution in [1.29, 1.82) is 0 Å². The number of hydrazine groups is 1. The number of ether oxygens (including phenoxy) is 1. The second kappa shape index (κ2) is 12.3. The Hall–Kier alpha value is -0.160. The van der Waals surface area contributed by atoms with E-state index in [2.05, 4.69) is 18.7 Å². The Balaban J connectivity index is 0. The number of hydrogen-bond donors (Lipinski definition) is 1. The number of piperazine rings is 1. The van der Waals surface area contributed by atoms with Gasteiger partial charge in [0, 0.05) is 38.8 Å². The highest BCUT2D eigenvalue weighted by Crippen LogP contribution is 2.10. The van der Waals surface area contributed by atoms with E-state index in [1.54, 1.807) is 7.11 Å². The van der Waals surface area contributed by atoms with Crippen LogP contribution in [0.25, 0.3) is 0 Å². The van der Waals surface area contributed by atoms with Gasteiger partial charge in [0.05, 0.1) is 6.61 Å². The molecule has 106 valence electrons. The SMILES string of the molecule is CC.CC.COCCN1CC(C)N(N)CC1C. The van der Waals surface area contributed by atoms with Gasteiger partial charge in [0.2, 0.25) is 0 Å². The van der Waals surface area contributed by atoms with Gasteiger partial charge in [-0.2, -0.15) is 0 Å². The van der Waals surface area contributed by atoms with Gasteiger partial charge in [-0.05, 0) is 13.8 Å². The van der Waals surface area contributed by atoms with Gasteiger partial charge in [-0.15, -0.1) is 0 Å². The molecule has 2 atom stereocenters. The van der Waals surface area contributed by atoms with E-state index < -0.39 is 0 Å². The van der Waals surface area contributed by atoms with E-state index in [1.807, 2.05) is 32.7 Å². The van der Waals surface area contributed by atoms with Crippen LogP contribution in [0.5, 0.6) is 0 Å². The number of hydrogen-bond acceptors (Lipinski definition) is 4. The molecular weight excluding hydrogens is 214 g/mol. The molecule has 2 unspecified atom stereocenters. The highest BCUT2D eigenvalue weighted by atomic mass is 16.5. The van der Waals surface area contributed by atoms with E-state index in [0.717, 1.165) is 26.2 Å². The van der Waals surface area contributed by atoms with Crippen molar-refractivity contribution in [3.8, 4) is 0 Å². The van der Waals surface area contributed by atoms with Crippen molar-refractivity contribution in [3.05, 3.63) is 0 Å². The predicted octanol–water partition coefficient (Wildman–Crippen LogP) is 1.95. The minimum atomic E-state index is 0.452. The van der Waals surface area contributed by atoms with Gasteiger partial charge in [-0.3, -0.25) is 10.7 Å². The van der Waals surface area contributed by atoms with E-state index in [9.17, 15) is 0 Å². The minimum Gasteiger partial charge on any atom is -0.383 e. The van der Waals surface area contributed by atoms with Crippen molar-refractivity contribution in [1.82, 2.24) is 9.91 Å². The molecular formula is C13H33N3O. The van der Waals surface area contributed by atoms with E-state index in [1.165, 1.54) is 0 Å². The third-order valence-electron chi connectivity index (χ3n) is 2.75. The molecule has 2 N–H and O–H groups in total. The van der Waals surface area contributed by atoms with Gasteiger partial charge in [0.15, 0.2) is 0 Å². The van der Waals surface area contributed by atoms with Crippen molar-refractivity contribution < 1.29 is 4.74 Å². The Morgan fingerprint density at radius 3 is 2.06 bits per heavy atom. The normalized spacial score (nSPS) is 25.4. The van der Waals surface area contributed by atoms with Crippen LogP contribution in [0, 0.1) is 0 Å². The summed E-state index contributed by atoms with van der Waals surface area (Å²) in [6, 6.07) is 0.990. The summed E-state index contributed by atoms with van der Waals surface area (Å²) in [6.45, 7) is 16.2. The molecule has 0 aromatic carbocycles. The van der Waals surface area contributed by atoms with E-state index in [-0.39, 0.29) is 0 Å². The molecule has 1 aliphatic rings. The molecule has 4 heteroatoms. The second-order valence-corrected chi connectivity index (χ2v) is 3.88. The monoisotopic (exact) mass is 247 g/mol. The Morgan fingerprint density at radius 2 is 1.59 bits per heavy atom. The first-order chi connectivity index (χ1) is 8.15. The summed E-state index contributed by atoms with van der Waals surface area (Å²) in [4.78, 5) is 2.43. The standard InChI is InChI=1S/C9H21N3O.2C2H6/c1-8-7-12(10)9(2)6-11(8)4-5-13-3;2*1-2/h8-9H,4-7,10H2,1-3H3;2*1-2H3. The maximum atomic E-state index is 5.83. The molecule has 0 saturated carbocycles. The lowest BCUT2D eigenvalue weighted by Gasteiger charge is -2.41. The fourth-order valence-corrected chi connectivity index (χ4v) is 1.74. The van der Waals surface area contributed by atoms with Crippen LogP contribution in [-0.2, 0) is 4.74 Å². The van der Waals surface area contributed by atoms with Crippen LogP contribution in [0.1, 0.15) is 41.5 Å². The third kappa shape index (κ3) is 7.71. The number of rotatable bonds is 3. The zero-order valence-electron chi connectivity index (χ0n) is 12.9. The Kier molecular flexibility index (Phi) is 13.9. The van der Waals surface area contributed by atoms with Crippen LogP contribution in [-0.4, -0.2) is 55.3 Å². The fourth-order valence-electron chi connectivity index (χ4n) is 1.74. The lowest BCUT2D eigenvalue weighted by molar-refractivity contribution is 0.0268. The van der Waals surface area contributed by atoms with Crippen LogP contribution in [0.4, 0.5) is 0 Å². The summed E-state index contributed by atoms with van der Waals surface area (Å²) in [7, 11) is 1.74. The zero-order valence-corrected chi connectivity index (χ0v) is 12.9. The molecule has 1 aliphatic heterocycles. The van der Waals surface area contributed by atoms with Crippen LogP contribution in [0.3, 0.4) is 0 Å². The highest BCUT2D eigenvalue weighted by molar-refractivity contribution is 4.81. The minimum absolute atomic E-state index is 0.452. The molecule has 0 bridgehead atoms. The molecule has 1 saturated heterocycles. The summed E-state index contributed by atoms with van der Waals surface area (Å²) in [5.41, 5.74) is 0. The molecule has 0 aliphatic carbocycles. The van der Waals surface area contributed by atoms with Crippen molar-refractivity contribution in [3.63, 3.8) is 0 Å². The average molecular weight is 247 g/mol. The lowest BCUT2D eigenvalue weighted by Crippen LogP contribution is -2.59. The maximum absolute atomic E-state index is 5.83. The van der Waals surface area contributed by atoms with Crippen molar-refractivity contribution in [2.45, 2.75) is 53.6 Å². The Bertz CT molecular complexity index is 156. The summed E-state index contributed by atoms with van der Waals surface area (Å²) < 4.78 is 5.07. The molecule has 1 fully saturated rings. The number of nitrogens with two attached hydrogens (primary N) is 1. The third-order valence-corrected chi connectivity index (χ3v) is 2.75. The van der Waals surface area contributed by atoms with Gasteiger partial charge in [0.25, 0.3) is 0 Å². The van der Waals surface area contributed by atoms with Gasteiger partial charge in [-0.25, -0.2) is 5.01 Å². The van der Waals surface area contributed by atoms with Crippen LogP contribution < -0.4 is 5.84 Å². The first-order valence-corrected chi connectivity index (χ1v) is 6.89. The second-order valence-electron chi connectivity index (χ2n) is 3.88. The Labute approximate surface area is 108 Å². The van der Waals surface area contributed by atoms with E-state index >= 15 is 0 Å².